The van der Waals surface area contributed by atoms with Crippen LogP contribution in [0.1, 0.15) is 0 Å². The Bertz CT molecular complexity index is 224. The van der Waals surface area contributed by atoms with Crippen LogP contribution in [0.25, 0.3) is 0 Å². The first-order valence-corrected chi connectivity index (χ1v) is 3.65. The molecule has 0 aliphatic rings. The van der Waals surface area contributed by atoms with Crippen molar-refractivity contribution >= 4 is 37.8 Å². The topological polar surface area (TPSA) is 26.0 Å². The average molecular weight is 206 g/mol. The Morgan fingerprint density at radius 3 is 2.56 bits per heavy atom. The molecule has 2 N–H and O–H groups in total. The van der Waals surface area contributed by atoms with Gasteiger partial charge in [-0.2, -0.15) is 0 Å². The average Bonchev–Trinajstić information content (AvgIpc) is 1.80. The number of nitrogens with two attached hydrogens (primary N) is 1. The van der Waals surface area contributed by atoms with E-state index in [-0.39, 0.29) is 0 Å². The molecule has 1 radical (unpaired) electrons. The van der Waals surface area contributed by atoms with Crippen LogP contribution in [0.2, 0.25) is 5.02 Å². The van der Waals surface area contributed by atoms with Crippen LogP contribution in [0.3, 0.4) is 0 Å². The number of anilines is 1. The van der Waals surface area contributed by atoms with Crippen molar-refractivity contribution in [1.82, 2.24) is 0 Å². The van der Waals surface area contributed by atoms with Crippen molar-refractivity contribution in [1.29, 1.82) is 0 Å². The Labute approximate surface area is 67.0 Å². The van der Waals surface area contributed by atoms with Crippen LogP contribution in [-0.2, 0) is 0 Å². The molecule has 0 saturated carbocycles. The number of hydrogen-bond acceptors (Lipinski definition) is 1. The van der Waals surface area contributed by atoms with Crippen molar-refractivity contribution < 1.29 is 0 Å². The Balaban J connectivity index is 3.17. The van der Waals surface area contributed by atoms with E-state index in [0.29, 0.717) is 5.02 Å². The van der Waals surface area contributed by atoms with Gasteiger partial charge in [0.15, 0.2) is 0 Å². The van der Waals surface area contributed by atoms with Crippen LogP contribution < -0.4 is 10.2 Å². The first-order valence-electron chi connectivity index (χ1n) is 2.42. The minimum absolute atomic E-state index is 0.706. The normalized spacial score (nSPS) is 9.44. The molecule has 1 aromatic carbocycles. The van der Waals surface area contributed by atoms with Crippen molar-refractivity contribution in [2.24, 2.45) is 0 Å². The van der Waals surface area contributed by atoms with Crippen molar-refractivity contribution in [2.45, 2.75) is 0 Å². The summed E-state index contributed by atoms with van der Waals surface area (Å²) in [5, 5.41) is 0.706. The molecule has 0 atom stereocenters. The van der Waals surface area contributed by atoms with E-state index < -0.39 is 0 Å². The van der Waals surface area contributed by atoms with Gasteiger partial charge in [-0.05, 0) is 0 Å². The summed E-state index contributed by atoms with van der Waals surface area (Å²) < 4.78 is 0.905. The molecule has 1 aromatic rings. The first kappa shape index (κ1) is 6.94. The maximum absolute atomic E-state index is 5.64. The summed E-state index contributed by atoms with van der Waals surface area (Å²) >= 11 is 8.44. The first-order chi connectivity index (χ1) is 4.20. The molecule has 9 heavy (non-hydrogen) atoms. The molecule has 0 bridgehead atoms. The molecule has 1 nitrogen and oxygen atoms in total. The summed E-state index contributed by atoms with van der Waals surface area (Å²) in [4.78, 5) is 0. The summed E-state index contributed by atoms with van der Waals surface area (Å²) in [6.45, 7) is 0. The molecule has 0 aliphatic heterocycles. The second kappa shape index (κ2) is 2.61. The van der Waals surface area contributed by atoms with E-state index in [4.69, 9.17) is 17.3 Å². The van der Waals surface area contributed by atoms with Crippen LogP contribution in [0.4, 0.5) is 5.69 Å². The molecule has 0 spiro atoms. The summed E-state index contributed by atoms with van der Waals surface area (Å²) in [6, 6.07) is 5.32. The maximum atomic E-state index is 5.64. The predicted octanol–water partition coefficient (Wildman–Crippen LogP) is 0.716. The fourth-order valence-corrected chi connectivity index (χ4v) is 1.24. The van der Waals surface area contributed by atoms with Crippen LogP contribution in [0.5, 0.6) is 0 Å². The number of rotatable bonds is 0. The number of nitrogen functional groups attached to an aromatic ring is 1. The van der Waals surface area contributed by atoms with Crippen molar-refractivity contribution in [3.05, 3.63) is 23.2 Å². The third-order valence-electron chi connectivity index (χ3n) is 0.976. The molecule has 0 fully saturated rings. The second-order valence-electron chi connectivity index (χ2n) is 1.68. The van der Waals surface area contributed by atoms with Crippen LogP contribution in [0.15, 0.2) is 18.2 Å². The fourth-order valence-electron chi connectivity index (χ4n) is 0.508. The van der Waals surface area contributed by atoms with Gasteiger partial charge in [0.1, 0.15) is 0 Å². The molecule has 0 heterocycles. The predicted molar refractivity (Wildman–Crippen MR) is 41.3 cm³/mol. The molecule has 3 heteroatoms. The quantitative estimate of drug-likeness (QED) is 0.490. The van der Waals surface area contributed by atoms with E-state index in [2.05, 4.69) is 16.0 Å². The summed E-state index contributed by atoms with van der Waals surface area (Å²) in [6.07, 6.45) is 0. The molecule has 0 aliphatic carbocycles. The molecule has 0 saturated heterocycles. The molecule has 1 rings (SSSR count). The van der Waals surface area contributed by atoms with Crippen molar-refractivity contribution in [3.8, 4) is 0 Å². The monoisotopic (exact) mass is 206 g/mol. The number of benzene rings is 1. The van der Waals surface area contributed by atoms with Gasteiger partial charge in [0.2, 0.25) is 0 Å². The van der Waals surface area contributed by atoms with E-state index in [1.807, 2.05) is 0 Å². The van der Waals surface area contributed by atoms with Gasteiger partial charge < -0.3 is 0 Å². The van der Waals surface area contributed by atoms with E-state index in [0.717, 1.165) is 10.1 Å². The van der Waals surface area contributed by atoms with Crippen molar-refractivity contribution in [2.75, 3.05) is 5.73 Å². The summed E-state index contributed by atoms with van der Waals surface area (Å²) in [5.74, 6) is 0. The Morgan fingerprint density at radius 2 is 2.11 bits per heavy atom. The zero-order chi connectivity index (χ0) is 6.85. The molecule has 0 aromatic heterocycles. The third kappa shape index (κ3) is 1.62. The zero-order valence-corrected chi connectivity index (χ0v) is 7.06. The van der Waals surface area contributed by atoms with Crippen molar-refractivity contribution in [3.63, 3.8) is 0 Å². The number of halogens is 1. The summed E-state index contributed by atoms with van der Waals surface area (Å²) in [5.41, 5.74) is 6.23. The van der Waals surface area contributed by atoms with Gasteiger partial charge >= 0.3 is 66.7 Å². The van der Waals surface area contributed by atoms with E-state index in [1.165, 1.54) is 0 Å². The minimum atomic E-state index is 0.706. The second-order valence-corrected chi connectivity index (χ2v) is 3.04. The molecule has 0 unspecified atom stereocenters. The van der Waals surface area contributed by atoms with Gasteiger partial charge in [-0.15, -0.1) is 0 Å². The van der Waals surface area contributed by atoms with E-state index in [9.17, 15) is 0 Å². The Hall–Kier alpha value is -0.171. The molecule has 0 amide bonds. The third-order valence-corrected chi connectivity index (χ3v) is 1.95. The van der Waals surface area contributed by atoms with E-state index in [1.54, 1.807) is 18.2 Å². The van der Waals surface area contributed by atoms with Gasteiger partial charge in [-0.1, -0.05) is 0 Å². The Morgan fingerprint density at radius 1 is 1.44 bits per heavy atom. The van der Waals surface area contributed by atoms with Crippen LogP contribution >= 0.6 is 11.6 Å². The van der Waals surface area contributed by atoms with Crippen LogP contribution in [-0.4, -0.2) is 16.0 Å². The molecule has 47 valence electrons. The van der Waals surface area contributed by atoms with Gasteiger partial charge in [0.25, 0.3) is 0 Å². The standard InChI is InChI=1S/C6H5ClNSe/c7-4-1-2-5(8)6(9)3-4/h1-3H,8H2. The molecular weight excluding hydrogens is 200 g/mol. The zero-order valence-electron chi connectivity index (χ0n) is 4.60. The SMILES string of the molecule is Nc1ccc(Cl)cc1[Se]. The van der Waals surface area contributed by atoms with E-state index >= 15 is 0 Å². The Kier molecular flexibility index (Phi) is 2.01. The van der Waals surface area contributed by atoms with Gasteiger partial charge in [-0.3, -0.25) is 0 Å². The fraction of sp³-hybridized carbons (Fsp3) is 0. The van der Waals surface area contributed by atoms with Gasteiger partial charge in [0, 0.05) is 0 Å². The van der Waals surface area contributed by atoms with Gasteiger partial charge in [-0.25, -0.2) is 0 Å². The summed E-state index contributed by atoms with van der Waals surface area (Å²) in [7, 11) is 0. The van der Waals surface area contributed by atoms with Gasteiger partial charge in [0.05, 0.1) is 0 Å². The molecular formula is C6H5ClNSe. The van der Waals surface area contributed by atoms with Crippen LogP contribution in [0, 0.1) is 0 Å². The number of hydrogen-bond donors (Lipinski definition) is 1.